The minimum atomic E-state index is -0.686. The first-order chi connectivity index (χ1) is 6.07. The van der Waals surface area contributed by atoms with E-state index in [1.807, 2.05) is 6.92 Å². The molecule has 0 aromatic rings. The van der Waals surface area contributed by atoms with Crippen LogP contribution >= 0.6 is 0 Å². The number of amides is 1. The Balaban J connectivity index is 3.63. The lowest BCUT2D eigenvalue weighted by Gasteiger charge is -2.11. The smallest absolute Gasteiger partial charge is 0.303 e. The van der Waals surface area contributed by atoms with Crippen molar-refractivity contribution in [2.24, 2.45) is 0 Å². The van der Waals surface area contributed by atoms with Gasteiger partial charge in [0.15, 0.2) is 6.10 Å². The van der Waals surface area contributed by atoms with Crippen LogP contribution in [-0.4, -0.2) is 24.5 Å². The highest BCUT2D eigenvalue weighted by Crippen LogP contribution is 1.92. The second kappa shape index (κ2) is 6.46. The van der Waals surface area contributed by atoms with E-state index in [0.717, 1.165) is 12.8 Å². The molecule has 0 rings (SSSR count). The molecule has 0 spiro atoms. The summed E-state index contributed by atoms with van der Waals surface area (Å²) in [6.07, 6.45) is 1.29. The highest BCUT2D eigenvalue weighted by atomic mass is 16.5. The standard InChI is InChI=1S/C9H17NO3/c1-4-5-6-10-9(12)7(2)13-8(3)11/h7H,4-6H2,1-3H3,(H,10,12)/t7-/m0/s1. The van der Waals surface area contributed by atoms with E-state index < -0.39 is 12.1 Å². The molecule has 4 heteroatoms. The molecule has 1 N–H and O–H groups in total. The first-order valence-corrected chi connectivity index (χ1v) is 4.52. The monoisotopic (exact) mass is 187 g/mol. The first-order valence-electron chi connectivity index (χ1n) is 4.52. The van der Waals surface area contributed by atoms with E-state index in [4.69, 9.17) is 4.74 Å². The van der Waals surface area contributed by atoms with E-state index in [9.17, 15) is 9.59 Å². The Bertz CT molecular complexity index is 180. The Morgan fingerprint density at radius 2 is 2.08 bits per heavy atom. The van der Waals surface area contributed by atoms with Gasteiger partial charge in [0.25, 0.3) is 5.91 Å². The van der Waals surface area contributed by atoms with E-state index in [1.165, 1.54) is 6.92 Å². The number of rotatable bonds is 5. The van der Waals surface area contributed by atoms with E-state index in [1.54, 1.807) is 6.92 Å². The van der Waals surface area contributed by atoms with Crippen molar-refractivity contribution in [3.05, 3.63) is 0 Å². The van der Waals surface area contributed by atoms with E-state index >= 15 is 0 Å². The van der Waals surface area contributed by atoms with Gasteiger partial charge in [-0.3, -0.25) is 9.59 Å². The summed E-state index contributed by atoms with van der Waals surface area (Å²) in [5.74, 6) is -0.665. The van der Waals surface area contributed by atoms with Crippen molar-refractivity contribution in [1.29, 1.82) is 0 Å². The molecule has 4 nitrogen and oxygen atoms in total. The fourth-order valence-electron chi connectivity index (χ4n) is 0.835. The fourth-order valence-corrected chi connectivity index (χ4v) is 0.835. The SMILES string of the molecule is CCCCNC(=O)[C@H](C)OC(C)=O. The molecule has 0 aliphatic rings. The number of carbonyl (C=O) groups excluding carboxylic acids is 2. The second-order valence-electron chi connectivity index (χ2n) is 2.90. The third-order valence-electron chi connectivity index (χ3n) is 1.54. The third-order valence-corrected chi connectivity index (χ3v) is 1.54. The summed E-state index contributed by atoms with van der Waals surface area (Å²) in [5.41, 5.74) is 0. The molecule has 0 aromatic heterocycles. The summed E-state index contributed by atoms with van der Waals surface area (Å²) in [5, 5.41) is 2.67. The van der Waals surface area contributed by atoms with E-state index in [0.29, 0.717) is 6.54 Å². The van der Waals surface area contributed by atoms with Gasteiger partial charge in [-0.2, -0.15) is 0 Å². The minimum Gasteiger partial charge on any atom is -0.453 e. The molecule has 0 fully saturated rings. The zero-order valence-corrected chi connectivity index (χ0v) is 8.42. The Morgan fingerprint density at radius 1 is 1.46 bits per heavy atom. The van der Waals surface area contributed by atoms with Crippen LogP contribution in [0, 0.1) is 0 Å². The maximum Gasteiger partial charge on any atom is 0.303 e. The lowest BCUT2D eigenvalue weighted by Crippen LogP contribution is -2.35. The lowest BCUT2D eigenvalue weighted by atomic mass is 10.3. The summed E-state index contributed by atoms with van der Waals surface area (Å²) < 4.78 is 4.69. The number of nitrogens with one attached hydrogen (secondary N) is 1. The van der Waals surface area contributed by atoms with Crippen LogP contribution in [0.25, 0.3) is 0 Å². The van der Waals surface area contributed by atoms with Crippen molar-refractivity contribution < 1.29 is 14.3 Å². The van der Waals surface area contributed by atoms with Gasteiger partial charge in [0.1, 0.15) is 0 Å². The van der Waals surface area contributed by atoms with Crippen LogP contribution in [0.2, 0.25) is 0 Å². The quantitative estimate of drug-likeness (QED) is 0.513. The molecule has 0 heterocycles. The normalized spacial score (nSPS) is 11.9. The summed E-state index contributed by atoms with van der Waals surface area (Å²) >= 11 is 0. The Kier molecular flexibility index (Phi) is 5.93. The highest BCUT2D eigenvalue weighted by molar-refractivity contribution is 5.82. The molecular formula is C9H17NO3. The second-order valence-corrected chi connectivity index (χ2v) is 2.90. The maximum absolute atomic E-state index is 11.2. The lowest BCUT2D eigenvalue weighted by molar-refractivity contribution is -0.152. The molecule has 0 aromatic carbocycles. The van der Waals surface area contributed by atoms with Crippen LogP contribution in [0.15, 0.2) is 0 Å². The van der Waals surface area contributed by atoms with E-state index in [2.05, 4.69) is 5.32 Å². The zero-order valence-electron chi connectivity index (χ0n) is 8.42. The Labute approximate surface area is 78.6 Å². The van der Waals surface area contributed by atoms with E-state index in [-0.39, 0.29) is 5.91 Å². The third kappa shape index (κ3) is 6.13. The van der Waals surface area contributed by atoms with Gasteiger partial charge in [0.05, 0.1) is 0 Å². The Morgan fingerprint density at radius 3 is 2.54 bits per heavy atom. The average molecular weight is 187 g/mol. The first kappa shape index (κ1) is 11.9. The molecule has 0 radical (unpaired) electrons. The topological polar surface area (TPSA) is 55.4 Å². The number of hydrogen-bond donors (Lipinski definition) is 1. The zero-order chi connectivity index (χ0) is 10.3. The predicted molar refractivity (Wildman–Crippen MR) is 49.1 cm³/mol. The molecule has 1 atom stereocenters. The highest BCUT2D eigenvalue weighted by Gasteiger charge is 2.14. The molecule has 76 valence electrons. The molecule has 0 unspecified atom stereocenters. The molecule has 0 aliphatic heterocycles. The molecule has 1 amide bonds. The van der Waals surface area contributed by atoms with Crippen molar-refractivity contribution in [2.45, 2.75) is 39.7 Å². The van der Waals surface area contributed by atoms with Gasteiger partial charge in [-0.1, -0.05) is 13.3 Å². The van der Waals surface area contributed by atoms with Crippen molar-refractivity contribution in [2.75, 3.05) is 6.54 Å². The van der Waals surface area contributed by atoms with Gasteiger partial charge >= 0.3 is 5.97 Å². The van der Waals surface area contributed by atoms with Crippen molar-refractivity contribution in [3.8, 4) is 0 Å². The number of ether oxygens (including phenoxy) is 1. The molecule has 0 saturated heterocycles. The molecule has 0 aliphatic carbocycles. The largest absolute Gasteiger partial charge is 0.453 e. The predicted octanol–water partition coefficient (Wildman–Crippen LogP) is 0.854. The van der Waals surface area contributed by atoms with Gasteiger partial charge in [0, 0.05) is 13.5 Å². The van der Waals surface area contributed by atoms with Crippen LogP contribution in [0.4, 0.5) is 0 Å². The number of carbonyl (C=O) groups is 2. The van der Waals surface area contributed by atoms with Crippen LogP contribution < -0.4 is 5.32 Å². The van der Waals surface area contributed by atoms with Gasteiger partial charge < -0.3 is 10.1 Å². The van der Waals surface area contributed by atoms with Crippen LogP contribution in [0.1, 0.15) is 33.6 Å². The van der Waals surface area contributed by atoms with Crippen molar-refractivity contribution in [3.63, 3.8) is 0 Å². The molecular weight excluding hydrogens is 170 g/mol. The van der Waals surface area contributed by atoms with Crippen LogP contribution in [0.3, 0.4) is 0 Å². The van der Waals surface area contributed by atoms with Crippen LogP contribution in [-0.2, 0) is 14.3 Å². The molecule has 13 heavy (non-hydrogen) atoms. The van der Waals surface area contributed by atoms with Gasteiger partial charge in [-0.15, -0.1) is 0 Å². The maximum atomic E-state index is 11.2. The van der Waals surface area contributed by atoms with Gasteiger partial charge in [0.2, 0.25) is 0 Å². The van der Waals surface area contributed by atoms with Crippen molar-refractivity contribution >= 4 is 11.9 Å². The van der Waals surface area contributed by atoms with Gasteiger partial charge in [-0.05, 0) is 13.3 Å². The summed E-state index contributed by atoms with van der Waals surface area (Å²) in [4.78, 5) is 21.7. The van der Waals surface area contributed by atoms with Gasteiger partial charge in [-0.25, -0.2) is 0 Å². The van der Waals surface area contributed by atoms with Crippen molar-refractivity contribution in [1.82, 2.24) is 5.32 Å². The summed E-state index contributed by atoms with van der Waals surface area (Å²) in [7, 11) is 0. The number of hydrogen-bond acceptors (Lipinski definition) is 3. The summed E-state index contributed by atoms with van der Waals surface area (Å²) in [6, 6.07) is 0. The molecule has 0 bridgehead atoms. The number of unbranched alkanes of at least 4 members (excludes halogenated alkanes) is 1. The Hall–Kier alpha value is -1.06. The van der Waals surface area contributed by atoms with Crippen LogP contribution in [0.5, 0.6) is 0 Å². The summed E-state index contributed by atoms with van der Waals surface area (Å²) in [6.45, 7) is 5.53. The number of esters is 1. The average Bonchev–Trinajstić information content (AvgIpc) is 2.03. The minimum absolute atomic E-state index is 0.233. The fraction of sp³-hybridized carbons (Fsp3) is 0.778. The molecule has 0 saturated carbocycles.